The molecular formula is C14H14Br2N2O. The zero-order chi connectivity index (χ0) is 13.8. The minimum absolute atomic E-state index is 0.288. The molecule has 5 heteroatoms. The molecule has 2 rings (SSSR count). The Morgan fingerprint density at radius 1 is 1.16 bits per heavy atom. The maximum absolute atomic E-state index is 5.77. The summed E-state index contributed by atoms with van der Waals surface area (Å²) in [6.07, 6.45) is 3.41. The molecule has 0 saturated heterocycles. The van der Waals surface area contributed by atoms with E-state index in [9.17, 15) is 0 Å². The van der Waals surface area contributed by atoms with Crippen LogP contribution >= 0.6 is 31.9 Å². The van der Waals surface area contributed by atoms with Crippen molar-refractivity contribution in [1.29, 1.82) is 0 Å². The molecular weight excluding hydrogens is 372 g/mol. The Hall–Kier alpha value is -0.910. The fourth-order valence-corrected chi connectivity index (χ4v) is 2.71. The first-order valence-corrected chi connectivity index (χ1v) is 7.44. The third-order valence-corrected chi connectivity index (χ3v) is 3.91. The second kappa shape index (κ2) is 6.50. The number of nitrogens with zero attached hydrogens (tertiary/aromatic N) is 1. The molecule has 0 aliphatic carbocycles. The lowest BCUT2D eigenvalue weighted by atomic mass is 10.1. The standard InChI is InChI=1S/C14H14Br2N2O/c1-9(17-2)13-4-3-11(6-14(13)16)19-12-5-10(15)7-18-8-12/h3-9,17H,1-2H3. The van der Waals surface area contributed by atoms with Gasteiger partial charge in [-0.3, -0.25) is 4.98 Å². The molecule has 1 atom stereocenters. The van der Waals surface area contributed by atoms with E-state index < -0.39 is 0 Å². The second-order valence-corrected chi connectivity index (χ2v) is 5.90. The van der Waals surface area contributed by atoms with Crippen LogP contribution in [0.25, 0.3) is 0 Å². The Balaban J connectivity index is 2.21. The molecule has 0 bridgehead atoms. The van der Waals surface area contributed by atoms with Gasteiger partial charge >= 0.3 is 0 Å². The summed E-state index contributed by atoms with van der Waals surface area (Å²) in [5.74, 6) is 1.48. The number of hydrogen-bond acceptors (Lipinski definition) is 3. The summed E-state index contributed by atoms with van der Waals surface area (Å²) in [4.78, 5) is 4.07. The van der Waals surface area contributed by atoms with Crippen molar-refractivity contribution in [3.8, 4) is 11.5 Å². The Kier molecular flexibility index (Phi) is 4.96. The van der Waals surface area contributed by atoms with E-state index in [-0.39, 0.29) is 6.04 Å². The first kappa shape index (κ1) is 14.5. The molecule has 0 saturated carbocycles. The number of aromatic nitrogens is 1. The first-order valence-electron chi connectivity index (χ1n) is 5.85. The van der Waals surface area contributed by atoms with Crippen LogP contribution in [0, 0.1) is 0 Å². The summed E-state index contributed by atoms with van der Waals surface area (Å²) in [7, 11) is 1.94. The van der Waals surface area contributed by atoms with Gasteiger partial charge < -0.3 is 10.1 Å². The molecule has 0 radical (unpaired) electrons. The number of nitrogens with one attached hydrogen (secondary N) is 1. The Morgan fingerprint density at radius 2 is 1.95 bits per heavy atom. The average Bonchev–Trinajstić information content (AvgIpc) is 2.38. The summed E-state index contributed by atoms with van der Waals surface area (Å²) >= 11 is 6.94. The highest BCUT2D eigenvalue weighted by Crippen LogP contribution is 2.30. The summed E-state index contributed by atoms with van der Waals surface area (Å²) in [5, 5.41) is 3.21. The Morgan fingerprint density at radius 3 is 2.58 bits per heavy atom. The van der Waals surface area contributed by atoms with E-state index in [1.54, 1.807) is 12.4 Å². The van der Waals surface area contributed by atoms with Gasteiger partial charge in [0.2, 0.25) is 0 Å². The molecule has 1 aromatic carbocycles. The monoisotopic (exact) mass is 384 g/mol. The van der Waals surface area contributed by atoms with Gasteiger partial charge in [0.25, 0.3) is 0 Å². The molecule has 0 fully saturated rings. The van der Waals surface area contributed by atoms with Crippen molar-refractivity contribution in [1.82, 2.24) is 10.3 Å². The van der Waals surface area contributed by atoms with Crippen LogP contribution in [0.5, 0.6) is 11.5 Å². The normalized spacial score (nSPS) is 12.2. The summed E-state index contributed by atoms with van der Waals surface area (Å²) in [6, 6.07) is 8.13. The van der Waals surface area contributed by atoms with Crippen LogP contribution in [0.1, 0.15) is 18.5 Å². The minimum Gasteiger partial charge on any atom is -0.456 e. The molecule has 0 spiro atoms. The van der Waals surface area contributed by atoms with Gasteiger partial charge in [0, 0.05) is 21.2 Å². The lowest BCUT2D eigenvalue weighted by molar-refractivity contribution is 0.479. The smallest absolute Gasteiger partial charge is 0.146 e. The van der Waals surface area contributed by atoms with Gasteiger partial charge in [0.1, 0.15) is 11.5 Å². The zero-order valence-corrected chi connectivity index (χ0v) is 13.8. The highest BCUT2D eigenvalue weighted by Gasteiger charge is 2.08. The quantitative estimate of drug-likeness (QED) is 0.829. The maximum Gasteiger partial charge on any atom is 0.146 e. The number of hydrogen-bond donors (Lipinski definition) is 1. The van der Waals surface area contributed by atoms with Crippen molar-refractivity contribution in [2.45, 2.75) is 13.0 Å². The third-order valence-electron chi connectivity index (χ3n) is 2.79. The fraction of sp³-hybridized carbons (Fsp3) is 0.214. The van der Waals surface area contributed by atoms with E-state index in [1.807, 2.05) is 31.3 Å². The van der Waals surface area contributed by atoms with Crippen LogP contribution in [0.15, 0.2) is 45.6 Å². The molecule has 0 aliphatic rings. The Bertz CT molecular complexity index is 575. The van der Waals surface area contributed by atoms with Gasteiger partial charge in [-0.1, -0.05) is 22.0 Å². The molecule has 1 heterocycles. The summed E-state index contributed by atoms with van der Waals surface area (Å²) in [5.41, 5.74) is 1.20. The van der Waals surface area contributed by atoms with E-state index in [1.165, 1.54) is 5.56 Å². The first-order chi connectivity index (χ1) is 9.10. The van der Waals surface area contributed by atoms with Crippen molar-refractivity contribution in [3.63, 3.8) is 0 Å². The van der Waals surface area contributed by atoms with Gasteiger partial charge in [-0.25, -0.2) is 0 Å². The van der Waals surface area contributed by atoms with Crippen LogP contribution in [0.4, 0.5) is 0 Å². The Labute approximate surface area is 129 Å². The molecule has 2 aromatic rings. The number of pyridine rings is 1. The van der Waals surface area contributed by atoms with Crippen LogP contribution in [-0.2, 0) is 0 Å². The second-order valence-electron chi connectivity index (χ2n) is 4.13. The van der Waals surface area contributed by atoms with E-state index >= 15 is 0 Å². The SMILES string of the molecule is CNC(C)c1ccc(Oc2cncc(Br)c2)cc1Br. The number of rotatable bonds is 4. The lowest BCUT2D eigenvalue weighted by Gasteiger charge is -2.14. The summed E-state index contributed by atoms with van der Waals surface area (Å²) in [6.45, 7) is 2.11. The number of halogens is 2. The van der Waals surface area contributed by atoms with Crippen molar-refractivity contribution in [3.05, 3.63) is 51.2 Å². The fourth-order valence-electron chi connectivity index (χ4n) is 1.66. The zero-order valence-electron chi connectivity index (χ0n) is 10.7. The molecule has 100 valence electrons. The van der Waals surface area contributed by atoms with Gasteiger partial charge in [-0.2, -0.15) is 0 Å². The van der Waals surface area contributed by atoms with E-state index in [4.69, 9.17) is 4.74 Å². The molecule has 1 N–H and O–H groups in total. The number of ether oxygens (including phenoxy) is 1. The topological polar surface area (TPSA) is 34.1 Å². The number of benzene rings is 1. The molecule has 3 nitrogen and oxygen atoms in total. The van der Waals surface area contributed by atoms with Gasteiger partial charge in [0.15, 0.2) is 0 Å². The maximum atomic E-state index is 5.77. The van der Waals surface area contributed by atoms with E-state index in [0.29, 0.717) is 5.75 Å². The average molecular weight is 386 g/mol. The van der Waals surface area contributed by atoms with Crippen LogP contribution in [0.3, 0.4) is 0 Å². The third kappa shape index (κ3) is 3.78. The van der Waals surface area contributed by atoms with Gasteiger partial charge in [0.05, 0.1) is 6.20 Å². The minimum atomic E-state index is 0.288. The van der Waals surface area contributed by atoms with Crippen molar-refractivity contribution < 1.29 is 4.74 Å². The van der Waals surface area contributed by atoms with E-state index in [2.05, 4.69) is 49.1 Å². The van der Waals surface area contributed by atoms with Crippen molar-refractivity contribution in [2.24, 2.45) is 0 Å². The predicted octanol–water partition coefficient (Wildman–Crippen LogP) is 4.68. The molecule has 19 heavy (non-hydrogen) atoms. The van der Waals surface area contributed by atoms with Crippen molar-refractivity contribution >= 4 is 31.9 Å². The highest BCUT2D eigenvalue weighted by molar-refractivity contribution is 9.10. The lowest BCUT2D eigenvalue weighted by Crippen LogP contribution is -2.12. The van der Waals surface area contributed by atoms with E-state index in [0.717, 1.165) is 14.7 Å². The van der Waals surface area contributed by atoms with Crippen LogP contribution in [-0.4, -0.2) is 12.0 Å². The van der Waals surface area contributed by atoms with Crippen molar-refractivity contribution in [2.75, 3.05) is 7.05 Å². The highest BCUT2D eigenvalue weighted by atomic mass is 79.9. The summed E-state index contributed by atoms with van der Waals surface area (Å²) < 4.78 is 7.68. The molecule has 0 aliphatic heterocycles. The predicted molar refractivity (Wildman–Crippen MR) is 83.6 cm³/mol. The largest absolute Gasteiger partial charge is 0.456 e. The molecule has 0 amide bonds. The molecule has 1 unspecified atom stereocenters. The van der Waals surface area contributed by atoms with Gasteiger partial charge in [-0.15, -0.1) is 0 Å². The van der Waals surface area contributed by atoms with Crippen LogP contribution < -0.4 is 10.1 Å². The van der Waals surface area contributed by atoms with Gasteiger partial charge in [-0.05, 0) is 53.7 Å². The van der Waals surface area contributed by atoms with Crippen LogP contribution in [0.2, 0.25) is 0 Å². The molecule has 1 aromatic heterocycles.